The lowest BCUT2D eigenvalue weighted by atomic mass is 10.1. The Hall–Kier alpha value is -3.45. The van der Waals surface area contributed by atoms with Crippen molar-refractivity contribution in [2.45, 2.75) is 22.8 Å². The summed E-state index contributed by atoms with van der Waals surface area (Å²) in [6, 6.07) is 21.6. The van der Waals surface area contributed by atoms with Gasteiger partial charge >= 0.3 is 0 Å². The summed E-state index contributed by atoms with van der Waals surface area (Å²) < 4.78 is 11.3. The maximum absolute atomic E-state index is 12.5. The van der Waals surface area contributed by atoms with Gasteiger partial charge in [0.05, 0.1) is 17.1 Å². The van der Waals surface area contributed by atoms with Gasteiger partial charge in [0, 0.05) is 9.79 Å². The Bertz CT molecular complexity index is 1160. The highest BCUT2D eigenvalue weighted by Gasteiger charge is 2.27. The lowest BCUT2D eigenvalue weighted by molar-refractivity contribution is -0.130. The van der Waals surface area contributed by atoms with E-state index in [1.165, 1.54) is 4.90 Å². The summed E-state index contributed by atoms with van der Waals surface area (Å²) in [5, 5.41) is 7.73. The molecule has 0 aromatic heterocycles. The number of hydrazone groups is 1. The van der Waals surface area contributed by atoms with E-state index in [0.717, 1.165) is 21.8 Å². The van der Waals surface area contributed by atoms with Gasteiger partial charge in [-0.15, -0.1) is 0 Å². The number of ether oxygens (including phenoxy) is 2. The maximum Gasteiger partial charge on any atom is 0.284 e. The number of nitrogens with one attached hydrogen (secondary N) is 2. The number of para-hydroxylation sites is 3. The second-order valence-corrected chi connectivity index (χ2v) is 8.06. The van der Waals surface area contributed by atoms with Crippen molar-refractivity contribution in [3.05, 3.63) is 72.3 Å². The molecule has 0 spiro atoms. The summed E-state index contributed by atoms with van der Waals surface area (Å²) in [6.45, 7) is 2.01. The summed E-state index contributed by atoms with van der Waals surface area (Å²) in [5.41, 5.74) is 6.34. The van der Waals surface area contributed by atoms with E-state index in [-0.39, 0.29) is 12.5 Å². The van der Waals surface area contributed by atoms with Crippen LogP contribution in [0.4, 0.5) is 11.4 Å². The number of fused-ring (bicyclic) bond motifs is 3. The van der Waals surface area contributed by atoms with Crippen LogP contribution in [0.1, 0.15) is 12.5 Å². The molecule has 0 bridgehead atoms. The predicted octanol–water partition coefficient (Wildman–Crippen LogP) is 4.58. The van der Waals surface area contributed by atoms with Crippen LogP contribution >= 0.6 is 11.8 Å². The SMILES string of the molecule is C/C(=N/NC(=O)[C@@H]1COc2ccccc2O1)c1ccc2c(c1)Nc1ccccc1S2. The van der Waals surface area contributed by atoms with Crippen LogP contribution < -0.4 is 20.2 Å². The quantitative estimate of drug-likeness (QED) is 0.377. The average Bonchev–Trinajstić information content (AvgIpc) is 2.80. The first-order valence-corrected chi connectivity index (χ1v) is 10.4. The third-order valence-electron chi connectivity index (χ3n) is 4.91. The summed E-state index contributed by atoms with van der Waals surface area (Å²) >= 11 is 1.73. The molecule has 1 atom stereocenters. The van der Waals surface area contributed by atoms with Crippen molar-refractivity contribution < 1.29 is 14.3 Å². The molecule has 0 saturated carbocycles. The van der Waals surface area contributed by atoms with Crippen molar-refractivity contribution in [1.29, 1.82) is 0 Å². The Kier molecular flexibility index (Phi) is 4.80. The van der Waals surface area contributed by atoms with Crippen molar-refractivity contribution >= 4 is 34.8 Å². The van der Waals surface area contributed by atoms with Crippen LogP contribution in [0.25, 0.3) is 0 Å². The molecule has 5 rings (SSSR count). The number of amides is 1. The van der Waals surface area contributed by atoms with Crippen molar-refractivity contribution in [3.8, 4) is 11.5 Å². The summed E-state index contributed by atoms with van der Waals surface area (Å²) in [6.07, 6.45) is -0.741. The maximum atomic E-state index is 12.5. The van der Waals surface area contributed by atoms with Gasteiger partial charge in [-0.2, -0.15) is 5.10 Å². The molecular weight excluding hydrogens is 398 g/mol. The van der Waals surface area contributed by atoms with E-state index in [2.05, 4.69) is 34.0 Å². The van der Waals surface area contributed by atoms with Gasteiger partial charge in [-0.25, -0.2) is 5.43 Å². The highest BCUT2D eigenvalue weighted by molar-refractivity contribution is 7.99. The number of nitrogens with zero attached hydrogens (tertiary/aromatic N) is 1. The monoisotopic (exact) mass is 417 g/mol. The van der Waals surface area contributed by atoms with Crippen LogP contribution in [0.2, 0.25) is 0 Å². The van der Waals surface area contributed by atoms with E-state index >= 15 is 0 Å². The molecule has 0 radical (unpaired) electrons. The number of carbonyl (C=O) groups is 1. The first kappa shape index (κ1) is 18.6. The van der Waals surface area contributed by atoms with Gasteiger partial charge in [-0.3, -0.25) is 4.79 Å². The largest absolute Gasteiger partial charge is 0.485 e. The second-order valence-electron chi connectivity index (χ2n) is 6.97. The number of anilines is 2. The smallest absolute Gasteiger partial charge is 0.284 e. The van der Waals surface area contributed by atoms with Crippen molar-refractivity contribution in [3.63, 3.8) is 0 Å². The molecule has 0 unspecified atom stereocenters. The standard InChI is InChI=1S/C23H19N3O3S/c1-14(25-26-23(27)20-13-28-18-7-3-4-8-19(18)29-20)15-10-11-22-17(12-15)24-16-6-2-5-9-21(16)30-22/h2-12,20,24H,13H2,1H3,(H,26,27)/b25-14-/t20-/m0/s1. The minimum Gasteiger partial charge on any atom is -0.485 e. The Morgan fingerprint density at radius 3 is 2.70 bits per heavy atom. The second kappa shape index (κ2) is 7.76. The Balaban J connectivity index is 1.28. The van der Waals surface area contributed by atoms with Gasteiger partial charge in [-0.1, -0.05) is 42.1 Å². The number of rotatable bonds is 3. The fraction of sp³-hybridized carbons (Fsp3) is 0.130. The van der Waals surface area contributed by atoms with Crippen LogP contribution in [0.5, 0.6) is 11.5 Å². The summed E-state index contributed by atoms with van der Waals surface area (Å²) in [4.78, 5) is 14.8. The molecule has 2 N–H and O–H groups in total. The highest BCUT2D eigenvalue weighted by atomic mass is 32.2. The molecule has 2 heterocycles. The number of benzene rings is 3. The molecule has 2 aliphatic rings. The molecule has 3 aromatic carbocycles. The molecule has 30 heavy (non-hydrogen) atoms. The predicted molar refractivity (Wildman–Crippen MR) is 117 cm³/mol. The van der Waals surface area contributed by atoms with Gasteiger partial charge in [0.1, 0.15) is 6.61 Å². The molecule has 1 amide bonds. The van der Waals surface area contributed by atoms with Crippen LogP contribution in [-0.4, -0.2) is 24.3 Å². The third kappa shape index (κ3) is 3.59. The topological polar surface area (TPSA) is 72.0 Å². The van der Waals surface area contributed by atoms with Gasteiger partial charge in [0.25, 0.3) is 5.91 Å². The van der Waals surface area contributed by atoms with Crippen LogP contribution in [0.15, 0.2) is 81.6 Å². The zero-order chi connectivity index (χ0) is 20.5. The van der Waals surface area contributed by atoms with Crippen LogP contribution in [0, 0.1) is 0 Å². The zero-order valence-electron chi connectivity index (χ0n) is 16.2. The van der Waals surface area contributed by atoms with E-state index in [1.807, 2.05) is 49.4 Å². The minimum absolute atomic E-state index is 0.150. The van der Waals surface area contributed by atoms with Crippen molar-refractivity contribution in [1.82, 2.24) is 5.43 Å². The summed E-state index contributed by atoms with van der Waals surface area (Å²) in [5.74, 6) is 0.856. The molecule has 7 heteroatoms. The molecule has 0 fully saturated rings. The van der Waals surface area contributed by atoms with E-state index in [0.29, 0.717) is 17.2 Å². The lowest BCUT2D eigenvalue weighted by Gasteiger charge is -2.24. The van der Waals surface area contributed by atoms with Gasteiger partial charge in [-0.05, 0) is 48.9 Å². The average molecular weight is 417 g/mol. The van der Waals surface area contributed by atoms with Gasteiger partial charge in [0.15, 0.2) is 11.5 Å². The molecule has 3 aromatic rings. The Morgan fingerprint density at radius 2 is 1.80 bits per heavy atom. The summed E-state index contributed by atoms with van der Waals surface area (Å²) in [7, 11) is 0. The van der Waals surface area contributed by atoms with Gasteiger partial charge in [0.2, 0.25) is 6.10 Å². The number of hydrogen-bond donors (Lipinski definition) is 2. The van der Waals surface area contributed by atoms with Crippen LogP contribution in [-0.2, 0) is 4.79 Å². The van der Waals surface area contributed by atoms with Gasteiger partial charge < -0.3 is 14.8 Å². The zero-order valence-corrected chi connectivity index (χ0v) is 17.0. The van der Waals surface area contributed by atoms with E-state index in [1.54, 1.807) is 17.8 Å². The third-order valence-corrected chi connectivity index (χ3v) is 6.06. The Labute approximate surface area is 178 Å². The number of carbonyl (C=O) groups excluding carboxylic acids is 1. The molecule has 0 saturated heterocycles. The Morgan fingerprint density at radius 1 is 1.03 bits per heavy atom. The van der Waals surface area contributed by atoms with Crippen molar-refractivity contribution in [2.24, 2.45) is 5.10 Å². The molecule has 2 aliphatic heterocycles. The van der Waals surface area contributed by atoms with Crippen molar-refractivity contribution in [2.75, 3.05) is 11.9 Å². The normalized spacial score (nSPS) is 16.7. The molecule has 0 aliphatic carbocycles. The van der Waals surface area contributed by atoms with E-state index < -0.39 is 6.10 Å². The van der Waals surface area contributed by atoms with E-state index in [4.69, 9.17) is 9.47 Å². The first-order valence-electron chi connectivity index (χ1n) is 9.58. The molecule has 150 valence electrons. The minimum atomic E-state index is -0.741. The fourth-order valence-corrected chi connectivity index (χ4v) is 4.26. The fourth-order valence-electron chi connectivity index (χ4n) is 3.29. The molecule has 6 nitrogen and oxygen atoms in total. The van der Waals surface area contributed by atoms with E-state index in [9.17, 15) is 4.79 Å². The first-order chi connectivity index (χ1) is 14.7. The van der Waals surface area contributed by atoms with Crippen LogP contribution in [0.3, 0.4) is 0 Å². The lowest BCUT2D eigenvalue weighted by Crippen LogP contribution is -2.42. The highest BCUT2D eigenvalue weighted by Crippen LogP contribution is 2.44. The molecular formula is C23H19N3O3S. The number of hydrogen-bond acceptors (Lipinski definition) is 6.